The highest BCUT2D eigenvalue weighted by molar-refractivity contribution is 7.10. The first-order valence-electron chi connectivity index (χ1n) is 7.94. The van der Waals surface area contributed by atoms with Gasteiger partial charge in [-0.25, -0.2) is 0 Å². The first kappa shape index (κ1) is 15.0. The van der Waals surface area contributed by atoms with Crippen LogP contribution in [0.15, 0.2) is 11.4 Å². The Labute approximate surface area is 130 Å². The number of amides is 1. The molecule has 4 nitrogen and oxygen atoms in total. The number of rotatable bonds is 3. The van der Waals surface area contributed by atoms with Crippen molar-refractivity contribution < 1.29 is 4.79 Å². The molecular formula is C16H25N3OS. The maximum absolute atomic E-state index is 12.5. The van der Waals surface area contributed by atoms with Gasteiger partial charge in [-0.05, 0) is 55.7 Å². The van der Waals surface area contributed by atoms with E-state index >= 15 is 0 Å². The lowest BCUT2D eigenvalue weighted by Crippen LogP contribution is -2.47. The maximum Gasteiger partial charge on any atom is 0.237 e. The largest absolute Gasteiger partial charge is 0.337 e. The minimum atomic E-state index is 0.228. The van der Waals surface area contributed by atoms with Crippen LogP contribution in [0, 0.1) is 5.92 Å². The normalized spacial score (nSPS) is 24.7. The first-order chi connectivity index (χ1) is 10.1. The number of piperidine rings is 1. The Morgan fingerprint density at radius 2 is 2.38 bits per heavy atom. The number of carbonyl (C=O) groups is 1. The molecule has 0 saturated carbocycles. The van der Waals surface area contributed by atoms with Crippen molar-refractivity contribution in [2.24, 2.45) is 11.7 Å². The zero-order valence-electron chi connectivity index (χ0n) is 12.8. The number of carbonyl (C=O) groups excluding carboxylic acids is 1. The molecule has 1 aromatic heterocycles. The third kappa shape index (κ3) is 3.47. The summed E-state index contributed by atoms with van der Waals surface area (Å²) in [6.07, 6.45) is 3.37. The van der Waals surface area contributed by atoms with Gasteiger partial charge in [0.05, 0.1) is 6.54 Å². The molecule has 1 saturated heterocycles. The van der Waals surface area contributed by atoms with Crippen LogP contribution in [0.25, 0.3) is 0 Å². The van der Waals surface area contributed by atoms with Crippen LogP contribution in [0.1, 0.15) is 30.2 Å². The van der Waals surface area contributed by atoms with Crippen molar-refractivity contribution in [1.29, 1.82) is 0 Å². The van der Waals surface area contributed by atoms with E-state index in [1.807, 2.05) is 16.2 Å². The predicted octanol–water partition coefficient (Wildman–Crippen LogP) is 1.69. The van der Waals surface area contributed by atoms with Crippen molar-refractivity contribution in [1.82, 2.24) is 9.80 Å². The minimum absolute atomic E-state index is 0.228. The lowest BCUT2D eigenvalue weighted by atomic mass is 9.92. The fraction of sp³-hybridized carbons (Fsp3) is 0.688. The van der Waals surface area contributed by atoms with Gasteiger partial charge in [0, 0.05) is 30.6 Å². The van der Waals surface area contributed by atoms with Crippen molar-refractivity contribution in [3.05, 3.63) is 21.9 Å². The summed E-state index contributed by atoms with van der Waals surface area (Å²) in [5, 5.41) is 2.14. The molecule has 2 N–H and O–H groups in total. The van der Waals surface area contributed by atoms with Crippen molar-refractivity contribution >= 4 is 17.2 Å². The summed E-state index contributed by atoms with van der Waals surface area (Å²) < 4.78 is 0. The van der Waals surface area contributed by atoms with Crippen molar-refractivity contribution in [3.8, 4) is 0 Å². The lowest BCUT2D eigenvalue weighted by molar-refractivity contribution is -0.133. The number of nitrogens with two attached hydrogens (primary N) is 1. The van der Waals surface area contributed by atoms with Gasteiger partial charge in [0.25, 0.3) is 0 Å². The molecule has 2 unspecified atom stereocenters. The average Bonchev–Trinajstić information content (AvgIpc) is 2.94. The molecule has 1 aromatic rings. The molecular weight excluding hydrogens is 282 g/mol. The second-order valence-corrected chi connectivity index (χ2v) is 7.43. The van der Waals surface area contributed by atoms with Crippen LogP contribution in [0.2, 0.25) is 0 Å². The third-order valence-electron chi connectivity index (χ3n) is 4.80. The fourth-order valence-corrected chi connectivity index (χ4v) is 4.31. The van der Waals surface area contributed by atoms with Gasteiger partial charge in [0.1, 0.15) is 0 Å². The van der Waals surface area contributed by atoms with Gasteiger partial charge in [0.15, 0.2) is 0 Å². The number of likely N-dealkylation sites (tertiary alicyclic amines) is 1. The van der Waals surface area contributed by atoms with E-state index in [1.165, 1.54) is 16.9 Å². The molecule has 0 bridgehead atoms. The molecule has 0 spiro atoms. The molecule has 3 rings (SSSR count). The second-order valence-electron chi connectivity index (χ2n) is 6.43. The van der Waals surface area contributed by atoms with Crippen molar-refractivity contribution in [2.45, 2.75) is 38.8 Å². The fourth-order valence-electron chi connectivity index (χ4n) is 3.42. The van der Waals surface area contributed by atoms with E-state index in [0.717, 1.165) is 39.0 Å². The van der Waals surface area contributed by atoms with Gasteiger partial charge in [0.2, 0.25) is 5.91 Å². The Morgan fingerprint density at radius 1 is 1.52 bits per heavy atom. The minimum Gasteiger partial charge on any atom is -0.337 e. The van der Waals surface area contributed by atoms with E-state index in [-0.39, 0.29) is 11.9 Å². The highest BCUT2D eigenvalue weighted by Gasteiger charge is 2.27. The Bertz CT molecular complexity index is 499. The summed E-state index contributed by atoms with van der Waals surface area (Å²) in [6, 6.07) is 2.39. The molecule has 0 radical (unpaired) electrons. The predicted molar refractivity (Wildman–Crippen MR) is 86.3 cm³/mol. The van der Waals surface area contributed by atoms with Crippen LogP contribution in [-0.2, 0) is 17.8 Å². The number of nitrogens with zero attached hydrogens (tertiary/aromatic N) is 2. The van der Waals surface area contributed by atoms with Crippen LogP contribution in [0.5, 0.6) is 0 Å². The summed E-state index contributed by atoms with van der Waals surface area (Å²) in [5.41, 5.74) is 7.36. The zero-order valence-corrected chi connectivity index (χ0v) is 13.6. The molecule has 1 fully saturated rings. The van der Waals surface area contributed by atoms with Gasteiger partial charge in [-0.3, -0.25) is 9.69 Å². The number of thiophene rings is 1. The highest BCUT2D eigenvalue weighted by atomic mass is 32.1. The Morgan fingerprint density at radius 3 is 3.19 bits per heavy atom. The number of hydrogen-bond donors (Lipinski definition) is 1. The van der Waals surface area contributed by atoms with Crippen LogP contribution >= 0.6 is 11.3 Å². The molecule has 1 amide bonds. The molecule has 2 atom stereocenters. The third-order valence-corrected chi connectivity index (χ3v) is 5.83. The molecule has 2 aliphatic rings. The van der Waals surface area contributed by atoms with Crippen LogP contribution in [0.4, 0.5) is 0 Å². The van der Waals surface area contributed by atoms with Gasteiger partial charge in [-0.2, -0.15) is 0 Å². The SMILES string of the molecule is CC(N)C1CCCN(CC(=O)N2CCc3sccc3C2)C1. The lowest BCUT2D eigenvalue weighted by Gasteiger charge is -2.36. The molecule has 5 heteroatoms. The first-order valence-corrected chi connectivity index (χ1v) is 8.82. The van der Waals surface area contributed by atoms with Crippen LogP contribution < -0.4 is 5.73 Å². The van der Waals surface area contributed by atoms with Crippen LogP contribution in [0.3, 0.4) is 0 Å². The number of hydrogen-bond acceptors (Lipinski definition) is 4. The van der Waals surface area contributed by atoms with Gasteiger partial charge >= 0.3 is 0 Å². The van der Waals surface area contributed by atoms with Crippen molar-refractivity contribution in [2.75, 3.05) is 26.2 Å². The van der Waals surface area contributed by atoms with Crippen LogP contribution in [-0.4, -0.2) is 47.9 Å². The Hall–Kier alpha value is -0.910. The molecule has 116 valence electrons. The second kappa shape index (κ2) is 6.46. The Kier molecular flexibility index (Phi) is 4.62. The van der Waals surface area contributed by atoms with E-state index in [1.54, 1.807) is 0 Å². The molecule has 21 heavy (non-hydrogen) atoms. The summed E-state index contributed by atoms with van der Waals surface area (Å²) in [5.74, 6) is 0.813. The topological polar surface area (TPSA) is 49.6 Å². The highest BCUT2D eigenvalue weighted by Crippen LogP contribution is 2.24. The number of fused-ring (bicyclic) bond motifs is 1. The van der Waals surface area contributed by atoms with Gasteiger partial charge < -0.3 is 10.6 Å². The molecule has 2 aliphatic heterocycles. The Balaban J connectivity index is 1.55. The van der Waals surface area contributed by atoms with Crippen molar-refractivity contribution in [3.63, 3.8) is 0 Å². The van der Waals surface area contributed by atoms with E-state index in [4.69, 9.17) is 5.73 Å². The summed E-state index contributed by atoms with van der Waals surface area (Å²) in [4.78, 5) is 18.3. The van der Waals surface area contributed by atoms with Gasteiger partial charge in [-0.15, -0.1) is 11.3 Å². The van der Waals surface area contributed by atoms with E-state index in [9.17, 15) is 4.79 Å². The summed E-state index contributed by atoms with van der Waals surface area (Å²) >= 11 is 1.82. The van der Waals surface area contributed by atoms with Gasteiger partial charge in [-0.1, -0.05) is 0 Å². The van der Waals surface area contributed by atoms with E-state index < -0.39 is 0 Å². The standard InChI is InChI=1S/C16H25N3OS/c1-12(17)13-3-2-6-18(9-13)11-16(20)19-7-4-15-14(10-19)5-8-21-15/h5,8,12-13H,2-4,6-7,9-11,17H2,1H3. The monoisotopic (exact) mass is 307 g/mol. The maximum atomic E-state index is 12.5. The molecule has 0 aromatic carbocycles. The quantitative estimate of drug-likeness (QED) is 0.924. The molecule has 0 aliphatic carbocycles. The zero-order chi connectivity index (χ0) is 14.8. The van der Waals surface area contributed by atoms with E-state index in [2.05, 4.69) is 23.3 Å². The smallest absolute Gasteiger partial charge is 0.237 e. The summed E-state index contributed by atoms with van der Waals surface area (Å²) in [6.45, 7) is 6.31. The summed E-state index contributed by atoms with van der Waals surface area (Å²) in [7, 11) is 0. The van der Waals surface area contributed by atoms with E-state index in [0.29, 0.717) is 12.5 Å². The average molecular weight is 307 g/mol. The molecule has 3 heterocycles.